The summed E-state index contributed by atoms with van der Waals surface area (Å²) in [6.07, 6.45) is 3.59. The second-order valence-electron chi connectivity index (χ2n) is 3.49. The Balaban J connectivity index is 2.07. The molecule has 4 heteroatoms. The quantitative estimate of drug-likeness (QED) is 0.728. The number of amides is 1. The first-order valence-electron chi connectivity index (χ1n) is 4.81. The molecule has 2 nitrogen and oxygen atoms in total. The lowest BCUT2D eigenvalue weighted by atomic mass is 10.1. The van der Waals surface area contributed by atoms with Gasteiger partial charge in [0, 0.05) is 18.5 Å². The van der Waals surface area contributed by atoms with Crippen molar-refractivity contribution in [3.63, 3.8) is 0 Å². The normalized spacial score (nSPS) is 17.1. The molecule has 1 saturated heterocycles. The molecule has 1 aliphatic rings. The van der Waals surface area contributed by atoms with Crippen LogP contribution in [0, 0.1) is 2.88 Å². The summed E-state index contributed by atoms with van der Waals surface area (Å²) in [6, 6.07) is 1.97. The summed E-state index contributed by atoms with van der Waals surface area (Å²) in [7, 11) is 0. The SMILES string of the molecule is O=C(c1csc(I)c1)N1CCCCC1. The Labute approximate surface area is 101 Å². The zero-order valence-corrected chi connectivity index (χ0v) is 10.8. The first-order valence-corrected chi connectivity index (χ1v) is 6.76. The Hall–Kier alpha value is -0.100. The lowest BCUT2D eigenvalue weighted by Crippen LogP contribution is -2.35. The molecule has 0 aromatic carbocycles. The minimum atomic E-state index is 0.212. The lowest BCUT2D eigenvalue weighted by molar-refractivity contribution is 0.0725. The molecule has 76 valence electrons. The van der Waals surface area contributed by atoms with Crippen LogP contribution < -0.4 is 0 Å². The van der Waals surface area contributed by atoms with Crippen molar-refractivity contribution in [1.29, 1.82) is 0 Å². The van der Waals surface area contributed by atoms with Gasteiger partial charge in [0.2, 0.25) is 0 Å². The molecule has 0 unspecified atom stereocenters. The number of nitrogens with zero attached hydrogens (tertiary/aromatic N) is 1. The summed E-state index contributed by atoms with van der Waals surface area (Å²) in [5.41, 5.74) is 0.862. The number of likely N-dealkylation sites (tertiary alicyclic amines) is 1. The van der Waals surface area contributed by atoms with Crippen LogP contribution in [0.4, 0.5) is 0 Å². The second-order valence-corrected chi connectivity index (χ2v) is 6.30. The van der Waals surface area contributed by atoms with Gasteiger partial charge in [-0.15, -0.1) is 11.3 Å². The number of carbonyl (C=O) groups is 1. The molecule has 14 heavy (non-hydrogen) atoms. The van der Waals surface area contributed by atoms with E-state index in [-0.39, 0.29) is 5.91 Å². The van der Waals surface area contributed by atoms with Crippen LogP contribution >= 0.6 is 33.9 Å². The van der Waals surface area contributed by atoms with Gasteiger partial charge in [-0.3, -0.25) is 4.79 Å². The minimum absolute atomic E-state index is 0.212. The number of piperidine rings is 1. The molecule has 1 aromatic heterocycles. The Morgan fingerprint density at radius 2 is 2.07 bits per heavy atom. The van der Waals surface area contributed by atoms with Crippen LogP contribution in [0.1, 0.15) is 29.6 Å². The zero-order valence-electron chi connectivity index (χ0n) is 7.83. The summed E-state index contributed by atoms with van der Waals surface area (Å²) < 4.78 is 1.18. The molecule has 0 bridgehead atoms. The van der Waals surface area contributed by atoms with Gasteiger partial charge in [-0.05, 0) is 47.9 Å². The van der Waals surface area contributed by atoms with E-state index in [9.17, 15) is 4.79 Å². The van der Waals surface area contributed by atoms with Crippen LogP contribution in [0.2, 0.25) is 0 Å². The third-order valence-corrected chi connectivity index (χ3v) is 4.25. The second kappa shape index (κ2) is 4.61. The highest BCUT2D eigenvalue weighted by molar-refractivity contribution is 14.1. The van der Waals surface area contributed by atoms with E-state index >= 15 is 0 Å². The van der Waals surface area contributed by atoms with E-state index in [0.29, 0.717) is 0 Å². The highest BCUT2D eigenvalue weighted by Gasteiger charge is 2.18. The Morgan fingerprint density at radius 3 is 2.64 bits per heavy atom. The van der Waals surface area contributed by atoms with Gasteiger partial charge in [0.05, 0.1) is 8.45 Å². The Morgan fingerprint density at radius 1 is 1.36 bits per heavy atom. The number of rotatable bonds is 1. The van der Waals surface area contributed by atoms with Gasteiger partial charge < -0.3 is 4.90 Å². The van der Waals surface area contributed by atoms with Crippen molar-refractivity contribution in [1.82, 2.24) is 4.90 Å². The molecular weight excluding hydrogens is 309 g/mol. The maximum Gasteiger partial charge on any atom is 0.254 e. The van der Waals surface area contributed by atoms with E-state index in [1.807, 2.05) is 16.3 Å². The standard InChI is InChI=1S/C10H12INOS/c11-9-6-8(7-14-9)10(13)12-4-2-1-3-5-12/h6-7H,1-5H2. The molecule has 1 aliphatic heterocycles. The topological polar surface area (TPSA) is 20.3 Å². The van der Waals surface area contributed by atoms with E-state index in [0.717, 1.165) is 31.5 Å². The van der Waals surface area contributed by atoms with Crippen molar-refractivity contribution in [2.75, 3.05) is 13.1 Å². The summed E-state index contributed by atoms with van der Waals surface area (Å²) in [6.45, 7) is 1.87. The van der Waals surface area contributed by atoms with E-state index < -0.39 is 0 Å². The molecule has 1 aromatic rings. The van der Waals surface area contributed by atoms with Gasteiger partial charge in [0.1, 0.15) is 0 Å². The van der Waals surface area contributed by atoms with Crippen molar-refractivity contribution in [2.45, 2.75) is 19.3 Å². The Bertz CT molecular complexity index is 331. The van der Waals surface area contributed by atoms with Crippen molar-refractivity contribution in [3.05, 3.63) is 19.9 Å². The number of hydrogen-bond acceptors (Lipinski definition) is 2. The zero-order chi connectivity index (χ0) is 9.97. The number of halogens is 1. The molecule has 0 aliphatic carbocycles. The van der Waals surface area contributed by atoms with Crippen LogP contribution in [0.25, 0.3) is 0 Å². The summed E-state index contributed by atoms with van der Waals surface area (Å²) >= 11 is 3.89. The van der Waals surface area contributed by atoms with Gasteiger partial charge in [-0.1, -0.05) is 0 Å². The summed E-state index contributed by atoms with van der Waals surface area (Å²) in [4.78, 5) is 13.9. The van der Waals surface area contributed by atoms with E-state index in [4.69, 9.17) is 0 Å². The van der Waals surface area contributed by atoms with Crippen LogP contribution in [-0.2, 0) is 0 Å². The molecule has 1 amide bonds. The number of carbonyl (C=O) groups excluding carboxylic acids is 1. The molecule has 2 rings (SSSR count). The molecular formula is C10H12INOS. The average molecular weight is 321 g/mol. The lowest BCUT2D eigenvalue weighted by Gasteiger charge is -2.26. The fourth-order valence-electron chi connectivity index (χ4n) is 1.70. The van der Waals surface area contributed by atoms with Gasteiger partial charge in [0.25, 0.3) is 5.91 Å². The van der Waals surface area contributed by atoms with Crippen molar-refractivity contribution in [3.8, 4) is 0 Å². The molecule has 1 fully saturated rings. The van der Waals surface area contributed by atoms with E-state index in [1.54, 1.807) is 11.3 Å². The van der Waals surface area contributed by atoms with Crippen LogP contribution in [-0.4, -0.2) is 23.9 Å². The van der Waals surface area contributed by atoms with Gasteiger partial charge in [-0.2, -0.15) is 0 Å². The molecule has 0 atom stereocenters. The molecule has 0 spiro atoms. The number of hydrogen-bond donors (Lipinski definition) is 0. The average Bonchev–Trinajstić information content (AvgIpc) is 2.65. The van der Waals surface area contributed by atoms with Crippen molar-refractivity contribution < 1.29 is 4.79 Å². The van der Waals surface area contributed by atoms with E-state index in [2.05, 4.69) is 22.6 Å². The van der Waals surface area contributed by atoms with E-state index in [1.165, 1.54) is 9.30 Å². The van der Waals surface area contributed by atoms with Gasteiger partial charge in [-0.25, -0.2) is 0 Å². The van der Waals surface area contributed by atoms with Gasteiger partial charge >= 0.3 is 0 Å². The summed E-state index contributed by atoms with van der Waals surface area (Å²) in [5.74, 6) is 0.212. The molecule has 2 heterocycles. The predicted octanol–water partition coefficient (Wildman–Crippen LogP) is 2.98. The number of thiophene rings is 1. The fraction of sp³-hybridized carbons (Fsp3) is 0.500. The third-order valence-electron chi connectivity index (χ3n) is 2.46. The first-order chi connectivity index (χ1) is 6.77. The smallest absolute Gasteiger partial charge is 0.254 e. The maximum absolute atomic E-state index is 11.9. The molecule has 0 N–H and O–H groups in total. The van der Waals surface area contributed by atoms with Crippen LogP contribution in [0.3, 0.4) is 0 Å². The highest BCUT2D eigenvalue weighted by Crippen LogP contribution is 2.19. The van der Waals surface area contributed by atoms with Crippen LogP contribution in [0.5, 0.6) is 0 Å². The van der Waals surface area contributed by atoms with Crippen molar-refractivity contribution >= 4 is 39.8 Å². The largest absolute Gasteiger partial charge is 0.339 e. The van der Waals surface area contributed by atoms with Gasteiger partial charge in [0.15, 0.2) is 0 Å². The summed E-state index contributed by atoms with van der Waals surface area (Å²) in [5, 5.41) is 1.96. The Kier molecular flexibility index (Phi) is 3.43. The first kappa shape index (κ1) is 10.4. The third kappa shape index (κ3) is 2.28. The predicted molar refractivity (Wildman–Crippen MR) is 66.8 cm³/mol. The molecule has 0 saturated carbocycles. The monoisotopic (exact) mass is 321 g/mol. The highest BCUT2D eigenvalue weighted by atomic mass is 127. The fourth-order valence-corrected chi connectivity index (χ4v) is 3.02. The molecule has 0 radical (unpaired) electrons. The minimum Gasteiger partial charge on any atom is -0.339 e. The van der Waals surface area contributed by atoms with Crippen LogP contribution in [0.15, 0.2) is 11.4 Å². The maximum atomic E-state index is 11.9. The van der Waals surface area contributed by atoms with Crippen molar-refractivity contribution in [2.24, 2.45) is 0 Å².